The van der Waals surface area contributed by atoms with Crippen LogP contribution in [0.2, 0.25) is 0 Å². The third-order valence-corrected chi connectivity index (χ3v) is 3.88. The number of carbonyl (C=O) groups is 1. The summed E-state index contributed by atoms with van der Waals surface area (Å²) < 4.78 is 0. The first kappa shape index (κ1) is 11.4. The monoisotopic (exact) mass is 237 g/mol. The van der Waals surface area contributed by atoms with Crippen LogP contribution in [0, 0.1) is 0 Å². The minimum absolute atomic E-state index is 0.460. The van der Waals surface area contributed by atoms with Crippen LogP contribution in [-0.2, 0) is 13.0 Å². The summed E-state index contributed by atoms with van der Waals surface area (Å²) in [4.78, 5) is 14.9. The summed E-state index contributed by atoms with van der Waals surface area (Å²) in [5.41, 5.74) is 2.33. The maximum absolute atomic E-state index is 10.9. The zero-order valence-corrected chi connectivity index (χ0v) is 10.1. The molecule has 0 atom stereocenters. The number of hydrogen-bond donors (Lipinski definition) is 1. The van der Waals surface area contributed by atoms with Gasteiger partial charge in [0.1, 0.15) is 4.88 Å². The summed E-state index contributed by atoms with van der Waals surface area (Å²) in [6.45, 7) is 8.68. The lowest BCUT2D eigenvalue weighted by molar-refractivity contribution is 0.0702. The molecule has 0 amide bonds. The van der Waals surface area contributed by atoms with E-state index >= 15 is 0 Å². The predicted octanol–water partition coefficient (Wildman–Crippen LogP) is 2.38. The van der Waals surface area contributed by atoms with Gasteiger partial charge >= 0.3 is 5.97 Å². The van der Waals surface area contributed by atoms with E-state index < -0.39 is 5.97 Å². The van der Waals surface area contributed by atoms with Crippen LogP contribution in [0.25, 0.3) is 0 Å². The van der Waals surface area contributed by atoms with Gasteiger partial charge in [-0.2, -0.15) is 0 Å². The zero-order chi connectivity index (χ0) is 11.7. The minimum atomic E-state index is -0.814. The first-order valence-electron chi connectivity index (χ1n) is 5.28. The summed E-state index contributed by atoms with van der Waals surface area (Å²) in [6, 6.07) is 1.81. The van der Waals surface area contributed by atoms with Gasteiger partial charge in [-0.15, -0.1) is 11.3 Å². The highest BCUT2D eigenvalue weighted by Crippen LogP contribution is 2.28. The maximum Gasteiger partial charge on any atom is 0.345 e. The second kappa shape index (κ2) is 4.39. The molecule has 4 heteroatoms. The van der Waals surface area contributed by atoms with E-state index in [9.17, 15) is 4.79 Å². The van der Waals surface area contributed by atoms with E-state index in [0.29, 0.717) is 4.88 Å². The van der Waals surface area contributed by atoms with Crippen molar-refractivity contribution < 1.29 is 9.90 Å². The molecule has 0 unspecified atom stereocenters. The number of carboxylic acids is 1. The van der Waals surface area contributed by atoms with Crippen LogP contribution in [0.15, 0.2) is 18.2 Å². The van der Waals surface area contributed by atoms with Gasteiger partial charge in [-0.05, 0) is 25.0 Å². The molecule has 1 aliphatic rings. The second-order valence-electron chi connectivity index (χ2n) is 4.28. The molecule has 0 spiro atoms. The molecular formula is C12H15NO2S. The fraction of sp³-hybridized carbons (Fsp3) is 0.417. The third kappa shape index (κ3) is 2.33. The fourth-order valence-corrected chi connectivity index (χ4v) is 3.02. The van der Waals surface area contributed by atoms with E-state index in [0.717, 1.165) is 31.6 Å². The van der Waals surface area contributed by atoms with Crippen LogP contribution in [-0.4, -0.2) is 29.1 Å². The van der Waals surface area contributed by atoms with Crippen molar-refractivity contribution in [2.24, 2.45) is 0 Å². The normalized spacial score (nSPS) is 15.8. The van der Waals surface area contributed by atoms with Crippen molar-refractivity contribution in [2.75, 3.05) is 13.1 Å². The van der Waals surface area contributed by atoms with Crippen molar-refractivity contribution in [2.45, 2.75) is 19.9 Å². The summed E-state index contributed by atoms with van der Waals surface area (Å²) in [5.74, 6) is -0.814. The van der Waals surface area contributed by atoms with Gasteiger partial charge in [0.2, 0.25) is 0 Å². The summed E-state index contributed by atoms with van der Waals surface area (Å²) in [7, 11) is 0. The minimum Gasteiger partial charge on any atom is -0.477 e. The molecule has 2 rings (SSSR count). The van der Waals surface area contributed by atoms with E-state index in [1.807, 2.05) is 13.0 Å². The molecule has 0 radical (unpaired) electrons. The van der Waals surface area contributed by atoms with Crippen molar-refractivity contribution >= 4 is 17.3 Å². The summed E-state index contributed by atoms with van der Waals surface area (Å²) in [5, 5.41) is 8.93. The summed E-state index contributed by atoms with van der Waals surface area (Å²) >= 11 is 1.42. The van der Waals surface area contributed by atoms with E-state index in [2.05, 4.69) is 11.5 Å². The zero-order valence-electron chi connectivity index (χ0n) is 9.32. The third-order valence-electron chi connectivity index (χ3n) is 2.65. The topological polar surface area (TPSA) is 40.5 Å². The first-order chi connectivity index (χ1) is 7.56. The molecule has 3 nitrogen and oxygen atoms in total. The Balaban J connectivity index is 2.14. The van der Waals surface area contributed by atoms with Crippen molar-refractivity contribution in [3.8, 4) is 0 Å². The molecule has 1 aromatic heterocycles. The maximum atomic E-state index is 10.9. The van der Waals surface area contributed by atoms with Crippen LogP contribution < -0.4 is 0 Å². The molecule has 0 fully saturated rings. The molecule has 86 valence electrons. The first-order valence-corrected chi connectivity index (χ1v) is 6.09. The van der Waals surface area contributed by atoms with Crippen LogP contribution in [0.3, 0.4) is 0 Å². The Morgan fingerprint density at radius 2 is 2.44 bits per heavy atom. The van der Waals surface area contributed by atoms with Gasteiger partial charge in [-0.3, -0.25) is 4.90 Å². The lowest BCUT2D eigenvalue weighted by Crippen LogP contribution is -2.30. The molecule has 1 aliphatic heterocycles. The highest BCUT2D eigenvalue weighted by molar-refractivity contribution is 7.14. The van der Waals surface area contributed by atoms with Gasteiger partial charge in [0.05, 0.1) is 0 Å². The Morgan fingerprint density at radius 1 is 1.69 bits per heavy atom. The number of aromatic carboxylic acids is 1. The smallest absolute Gasteiger partial charge is 0.345 e. The predicted molar refractivity (Wildman–Crippen MR) is 65.1 cm³/mol. The second-order valence-corrected chi connectivity index (χ2v) is 5.42. The average molecular weight is 237 g/mol. The molecule has 2 heterocycles. The van der Waals surface area contributed by atoms with E-state index in [1.165, 1.54) is 21.8 Å². The number of fused-ring (bicyclic) bond motifs is 1. The molecule has 0 saturated carbocycles. The number of nitrogens with zero attached hydrogens (tertiary/aromatic N) is 1. The van der Waals surface area contributed by atoms with Crippen LogP contribution >= 0.6 is 11.3 Å². The van der Waals surface area contributed by atoms with E-state index in [-0.39, 0.29) is 0 Å². The van der Waals surface area contributed by atoms with Gasteiger partial charge in [-0.1, -0.05) is 12.2 Å². The highest BCUT2D eigenvalue weighted by Gasteiger charge is 2.20. The molecule has 1 N–H and O–H groups in total. The molecule has 0 aromatic carbocycles. The van der Waals surface area contributed by atoms with Gasteiger partial charge in [-0.25, -0.2) is 4.79 Å². The summed E-state index contributed by atoms with van der Waals surface area (Å²) in [6.07, 6.45) is 0.959. The lowest BCUT2D eigenvalue weighted by Gasteiger charge is -2.26. The average Bonchev–Trinajstić information content (AvgIpc) is 2.59. The fourth-order valence-electron chi connectivity index (χ4n) is 2.01. The molecule has 16 heavy (non-hydrogen) atoms. The molecule has 0 aliphatic carbocycles. The number of thiophene rings is 1. The van der Waals surface area contributed by atoms with Gasteiger partial charge in [0, 0.05) is 24.5 Å². The van der Waals surface area contributed by atoms with Crippen molar-refractivity contribution in [1.82, 2.24) is 4.90 Å². The Bertz CT molecular complexity index is 436. The quantitative estimate of drug-likeness (QED) is 0.821. The lowest BCUT2D eigenvalue weighted by atomic mass is 10.1. The van der Waals surface area contributed by atoms with Crippen LogP contribution in [0.5, 0.6) is 0 Å². The standard InChI is InChI=1S/C12H15NO2S/c1-8(2)6-13-4-3-10-9(7-13)5-11(16-10)12(14)15/h5H,1,3-4,6-7H2,2H3,(H,14,15). The number of rotatable bonds is 3. The van der Waals surface area contributed by atoms with E-state index in [1.54, 1.807) is 0 Å². The Hall–Kier alpha value is -1.13. The largest absolute Gasteiger partial charge is 0.477 e. The van der Waals surface area contributed by atoms with Gasteiger partial charge < -0.3 is 5.11 Å². The Kier molecular flexibility index (Phi) is 3.12. The Morgan fingerprint density at radius 3 is 3.06 bits per heavy atom. The molecule has 1 aromatic rings. The van der Waals surface area contributed by atoms with Crippen molar-refractivity contribution in [3.63, 3.8) is 0 Å². The molecular weight excluding hydrogens is 222 g/mol. The number of carboxylic acid groups (broad SMARTS) is 1. The molecule has 0 saturated heterocycles. The Labute approximate surface area is 99.0 Å². The molecule has 0 bridgehead atoms. The van der Waals surface area contributed by atoms with Crippen LogP contribution in [0.1, 0.15) is 27.0 Å². The van der Waals surface area contributed by atoms with E-state index in [4.69, 9.17) is 5.11 Å². The van der Waals surface area contributed by atoms with Gasteiger partial charge in [0.15, 0.2) is 0 Å². The highest BCUT2D eigenvalue weighted by atomic mass is 32.1. The van der Waals surface area contributed by atoms with Crippen molar-refractivity contribution in [1.29, 1.82) is 0 Å². The number of hydrogen-bond acceptors (Lipinski definition) is 3. The van der Waals surface area contributed by atoms with Crippen molar-refractivity contribution in [3.05, 3.63) is 33.5 Å². The van der Waals surface area contributed by atoms with Gasteiger partial charge in [0.25, 0.3) is 0 Å². The SMILES string of the molecule is C=C(C)CN1CCc2sc(C(=O)O)cc2C1. The van der Waals surface area contributed by atoms with Crippen LogP contribution in [0.4, 0.5) is 0 Å².